The van der Waals surface area contributed by atoms with Crippen molar-refractivity contribution in [2.45, 2.75) is 26.1 Å². The number of rotatable bonds is 4. The van der Waals surface area contributed by atoms with Gasteiger partial charge in [0.25, 0.3) is 5.91 Å². The van der Waals surface area contributed by atoms with E-state index < -0.39 is 29.2 Å². The van der Waals surface area contributed by atoms with E-state index in [1.807, 2.05) is 13.8 Å². The first-order chi connectivity index (χ1) is 11.2. The van der Waals surface area contributed by atoms with Crippen LogP contribution in [0.3, 0.4) is 0 Å². The predicted octanol–water partition coefficient (Wildman–Crippen LogP) is 3.52. The summed E-state index contributed by atoms with van der Waals surface area (Å²) < 4.78 is 37.9. The Bertz CT molecular complexity index is 764. The van der Waals surface area contributed by atoms with E-state index >= 15 is 0 Å². The normalized spacial score (nSPS) is 12.9. The molecule has 1 aromatic carbocycles. The van der Waals surface area contributed by atoms with Crippen molar-refractivity contribution in [1.29, 1.82) is 0 Å². The number of amides is 1. The van der Waals surface area contributed by atoms with E-state index in [4.69, 9.17) is 0 Å². The summed E-state index contributed by atoms with van der Waals surface area (Å²) in [5.74, 6) is -0.507. The molecule has 24 heavy (non-hydrogen) atoms. The van der Waals surface area contributed by atoms with E-state index in [-0.39, 0.29) is 11.5 Å². The van der Waals surface area contributed by atoms with Gasteiger partial charge in [-0.1, -0.05) is 26.0 Å². The largest absolute Gasteiger partial charge is 0.416 e. The van der Waals surface area contributed by atoms with Crippen LogP contribution in [0.4, 0.5) is 13.2 Å². The number of hydrogen-bond acceptors (Lipinski definition) is 2. The summed E-state index contributed by atoms with van der Waals surface area (Å²) in [6.45, 7) is 3.70. The van der Waals surface area contributed by atoms with Crippen molar-refractivity contribution in [3.05, 3.63) is 69.6 Å². The highest BCUT2D eigenvalue weighted by Gasteiger charge is 2.30. The number of hydrogen-bond donors (Lipinski definition) is 2. The molecule has 2 aromatic rings. The summed E-state index contributed by atoms with van der Waals surface area (Å²) in [4.78, 5) is 26.0. The van der Waals surface area contributed by atoms with Gasteiger partial charge in [-0.05, 0) is 29.7 Å². The van der Waals surface area contributed by atoms with Crippen molar-refractivity contribution in [3.8, 4) is 0 Å². The van der Waals surface area contributed by atoms with E-state index in [0.29, 0.717) is 5.56 Å². The maximum atomic E-state index is 12.6. The van der Waals surface area contributed by atoms with Crippen LogP contribution >= 0.6 is 0 Å². The Hall–Kier alpha value is -2.57. The highest BCUT2D eigenvalue weighted by atomic mass is 19.4. The van der Waals surface area contributed by atoms with Crippen molar-refractivity contribution in [2.75, 3.05) is 0 Å². The second-order valence-corrected chi connectivity index (χ2v) is 5.76. The molecule has 1 aromatic heterocycles. The first-order valence-corrected chi connectivity index (χ1v) is 7.35. The number of benzene rings is 1. The van der Waals surface area contributed by atoms with Gasteiger partial charge in [-0.15, -0.1) is 0 Å². The highest BCUT2D eigenvalue weighted by Crippen LogP contribution is 2.31. The Morgan fingerprint density at radius 3 is 2.25 bits per heavy atom. The molecule has 0 aliphatic heterocycles. The lowest BCUT2D eigenvalue weighted by atomic mass is 9.94. The van der Waals surface area contributed by atoms with Gasteiger partial charge in [-0.3, -0.25) is 9.59 Å². The van der Waals surface area contributed by atoms with Gasteiger partial charge in [0.05, 0.1) is 11.6 Å². The Morgan fingerprint density at radius 2 is 1.75 bits per heavy atom. The number of aromatic nitrogens is 1. The summed E-state index contributed by atoms with van der Waals surface area (Å²) in [6.07, 6.45) is -3.04. The molecule has 1 heterocycles. The van der Waals surface area contributed by atoms with Gasteiger partial charge in [0, 0.05) is 17.8 Å². The number of alkyl halides is 3. The molecule has 128 valence electrons. The van der Waals surface area contributed by atoms with Crippen molar-refractivity contribution < 1.29 is 18.0 Å². The van der Waals surface area contributed by atoms with E-state index in [0.717, 1.165) is 12.1 Å². The van der Waals surface area contributed by atoms with Crippen LogP contribution in [-0.2, 0) is 6.18 Å². The van der Waals surface area contributed by atoms with Crippen molar-refractivity contribution in [3.63, 3.8) is 0 Å². The average Bonchev–Trinajstić information content (AvgIpc) is 2.51. The lowest BCUT2D eigenvalue weighted by Gasteiger charge is -2.23. The van der Waals surface area contributed by atoms with Crippen molar-refractivity contribution >= 4 is 5.91 Å². The Kier molecular flexibility index (Phi) is 5.11. The topological polar surface area (TPSA) is 62.0 Å². The molecule has 1 atom stereocenters. The Balaban J connectivity index is 2.23. The summed E-state index contributed by atoms with van der Waals surface area (Å²) in [7, 11) is 0. The molecule has 0 spiro atoms. The summed E-state index contributed by atoms with van der Waals surface area (Å²) in [5.41, 5.74) is -0.388. The quantitative estimate of drug-likeness (QED) is 0.896. The smallest absolute Gasteiger partial charge is 0.345 e. The molecule has 0 fully saturated rings. The monoisotopic (exact) mass is 338 g/mol. The van der Waals surface area contributed by atoms with Crippen molar-refractivity contribution in [2.24, 2.45) is 5.92 Å². The van der Waals surface area contributed by atoms with Gasteiger partial charge in [0.1, 0.15) is 0 Å². The molecule has 0 saturated carbocycles. The van der Waals surface area contributed by atoms with Gasteiger partial charge in [0.15, 0.2) is 0 Å². The van der Waals surface area contributed by atoms with Crippen LogP contribution in [0.15, 0.2) is 47.4 Å². The van der Waals surface area contributed by atoms with Crippen LogP contribution < -0.4 is 10.9 Å². The fourth-order valence-electron chi connectivity index (χ4n) is 2.32. The van der Waals surface area contributed by atoms with Crippen LogP contribution in [0, 0.1) is 5.92 Å². The van der Waals surface area contributed by atoms with E-state index in [1.165, 1.54) is 30.5 Å². The number of carbonyl (C=O) groups excluding carboxylic acids is 1. The molecule has 0 bridgehead atoms. The van der Waals surface area contributed by atoms with Crippen LogP contribution in [0.5, 0.6) is 0 Å². The number of halogens is 3. The third-order valence-electron chi connectivity index (χ3n) is 3.59. The second-order valence-electron chi connectivity index (χ2n) is 5.76. The molecule has 1 unspecified atom stereocenters. The van der Waals surface area contributed by atoms with Crippen LogP contribution in [-0.4, -0.2) is 10.9 Å². The molecule has 0 aliphatic carbocycles. The number of H-pyrrole nitrogens is 1. The molecule has 0 saturated heterocycles. The van der Waals surface area contributed by atoms with Crippen LogP contribution in [0.1, 0.15) is 41.4 Å². The minimum atomic E-state index is -4.40. The lowest BCUT2D eigenvalue weighted by Crippen LogP contribution is -2.32. The molecule has 0 radical (unpaired) electrons. The number of pyridine rings is 1. The maximum Gasteiger partial charge on any atom is 0.416 e. The van der Waals surface area contributed by atoms with Crippen LogP contribution in [0.2, 0.25) is 0 Å². The van der Waals surface area contributed by atoms with Gasteiger partial charge in [0.2, 0.25) is 5.56 Å². The third kappa shape index (κ3) is 4.24. The number of carbonyl (C=O) groups is 1. The first kappa shape index (κ1) is 17.8. The highest BCUT2D eigenvalue weighted by molar-refractivity contribution is 5.94. The second kappa shape index (κ2) is 6.90. The fraction of sp³-hybridized carbons (Fsp3) is 0.294. The van der Waals surface area contributed by atoms with E-state index in [2.05, 4.69) is 10.3 Å². The summed E-state index contributed by atoms with van der Waals surface area (Å²) in [6, 6.07) is 6.84. The third-order valence-corrected chi connectivity index (χ3v) is 3.59. The van der Waals surface area contributed by atoms with E-state index in [9.17, 15) is 22.8 Å². The van der Waals surface area contributed by atoms with Gasteiger partial charge in [-0.25, -0.2) is 0 Å². The predicted molar refractivity (Wildman–Crippen MR) is 83.6 cm³/mol. The Morgan fingerprint density at radius 1 is 1.12 bits per heavy atom. The zero-order chi connectivity index (χ0) is 17.9. The maximum absolute atomic E-state index is 12.6. The van der Waals surface area contributed by atoms with Gasteiger partial charge >= 0.3 is 6.18 Å². The first-order valence-electron chi connectivity index (χ1n) is 7.35. The molecule has 7 heteroatoms. The molecule has 2 N–H and O–H groups in total. The molecular weight excluding hydrogens is 321 g/mol. The number of aromatic amines is 1. The minimum absolute atomic E-state index is 0.0484. The molecule has 2 rings (SSSR count). The molecule has 4 nitrogen and oxygen atoms in total. The zero-order valence-electron chi connectivity index (χ0n) is 13.1. The van der Waals surface area contributed by atoms with Gasteiger partial charge in [-0.2, -0.15) is 13.2 Å². The minimum Gasteiger partial charge on any atom is -0.345 e. The molecular formula is C17H17F3N2O2. The van der Waals surface area contributed by atoms with Gasteiger partial charge < -0.3 is 10.3 Å². The van der Waals surface area contributed by atoms with Crippen LogP contribution in [0.25, 0.3) is 0 Å². The van der Waals surface area contributed by atoms with Crippen molar-refractivity contribution in [1.82, 2.24) is 10.3 Å². The number of nitrogens with one attached hydrogen (secondary N) is 2. The lowest BCUT2D eigenvalue weighted by molar-refractivity contribution is -0.137. The molecule has 1 amide bonds. The fourth-order valence-corrected chi connectivity index (χ4v) is 2.32. The zero-order valence-corrected chi connectivity index (χ0v) is 13.1. The SMILES string of the molecule is CC(C)C(NC(=O)c1cc[nH]c(=O)c1)c1ccc(C(F)(F)F)cc1. The van der Waals surface area contributed by atoms with E-state index in [1.54, 1.807) is 0 Å². The Labute approximate surface area is 136 Å². The standard InChI is InChI=1S/C17H17F3N2O2/c1-10(2)15(11-3-5-13(6-4-11)17(18,19)20)22-16(24)12-7-8-21-14(23)9-12/h3-10,15H,1-2H3,(H,21,23)(H,22,24). The summed E-state index contributed by atoms with van der Waals surface area (Å²) in [5, 5.41) is 2.76. The average molecular weight is 338 g/mol. The summed E-state index contributed by atoms with van der Waals surface area (Å²) >= 11 is 0. The molecule has 0 aliphatic rings.